The van der Waals surface area contributed by atoms with Gasteiger partial charge in [-0.3, -0.25) is 0 Å². The molecule has 4 heterocycles. The van der Waals surface area contributed by atoms with Crippen LogP contribution in [-0.2, 0) is 21.7 Å². The number of nitrogens with one attached hydrogen (secondary N) is 1. The van der Waals surface area contributed by atoms with Crippen molar-refractivity contribution in [2.75, 3.05) is 5.32 Å². The Balaban J connectivity index is 1.04. The Labute approximate surface area is 415 Å². The molecule has 1 aliphatic heterocycles. The average molecular weight is 925 g/mol. The van der Waals surface area contributed by atoms with Gasteiger partial charge in [0, 0.05) is 75.5 Å². The molecule has 14 rings (SSSR count). The molecule has 3 aliphatic rings. The van der Waals surface area contributed by atoms with Crippen molar-refractivity contribution in [1.29, 1.82) is 0 Å². The van der Waals surface area contributed by atoms with Gasteiger partial charge >= 0.3 is 0 Å². The Hall–Kier alpha value is -6.82. The molecule has 3 aromatic heterocycles. The number of anilines is 2. The minimum atomic E-state index is -0.184. The number of furan rings is 1. The van der Waals surface area contributed by atoms with Crippen molar-refractivity contribution >= 4 is 93.9 Å². The van der Waals surface area contributed by atoms with Gasteiger partial charge in [-0.15, -0.1) is 11.3 Å². The van der Waals surface area contributed by atoms with Gasteiger partial charge < -0.3 is 14.3 Å². The first kappa shape index (κ1) is 42.1. The molecule has 0 bridgehead atoms. The highest BCUT2D eigenvalue weighted by Gasteiger charge is 2.43. The van der Waals surface area contributed by atoms with Crippen LogP contribution in [0.1, 0.15) is 103 Å². The number of benzene rings is 8. The zero-order valence-electron chi connectivity index (χ0n) is 41.7. The zero-order valence-corrected chi connectivity index (χ0v) is 42.6. The lowest BCUT2D eigenvalue weighted by Crippen LogP contribution is -2.37. The minimum Gasteiger partial charge on any atom is -0.456 e. The summed E-state index contributed by atoms with van der Waals surface area (Å²) in [6, 6.07) is 55.5. The molecule has 1 N–H and O–H groups in total. The SMILES string of the molecule is CC(C)(C)c1ccc(Nc2cc3c(cc2-c2ccc4c5cc6sc7ccccc7c6cc5n5c4c2Bc2cc4oc(-c6ccccc6)cc4cc2-5)-c2cc4c(cc2C3(C)C)C(C)(C)CCC4(C)C)cc1. The fourth-order valence-corrected chi connectivity index (χ4v) is 14.0. The van der Waals surface area contributed by atoms with Crippen LogP contribution in [-0.4, -0.2) is 11.8 Å². The average Bonchev–Trinajstić information content (AvgIpc) is 4.07. The number of thiophene rings is 1. The molecule has 0 radical (unpaired) electrons. The Kier molecular flexibility index (Phi) is 8.52. The summed E-state index contributed by atoms with van der Waals surface area (Å²) in [5, 5.41) is 10.4. The quantitative estimate of drug-likeness (QED) is 0.178. The summed E-state index contributed by atoms with van der Waals surface area (Å²) in [4.78, 5) is 0. The van der Waals surface area contributed by atoms with E-state index >= 15 is 0 Å². The number of aromatic nitrogens is 1. The van der Waals surface area contributed by atoms with Crippen molar-refractivity contribution in [3.63, 3.8) is 0 Å². The molecule has 342 valence electrons. The predicted molar refractivity (Wildman–Crippen MR) is 302 cm³/mol. The van der Waals surface area contributed by atoms with Crippen LogP contribution in [0.25, 0.3) is 92.2 Å². The summed E-state index contributed by atoms with van der Waals surface area (Å²) in [5.41, 5.74) is 23.2. The van der Waals surface area contributed by atoms with Crippen molar-refractivity contribution in [3.8, 4) is 39.3 Å². The minimum absolute atomic E-state index is 0.0642. The van der Waals surface area contributed by atoms with E-state index in [9.17, 15) is 0 Å². The van der Waals surface area contributed by atoms with Gasteiger partial charge in [-0.25, -0.2) is 0 Å². The number of nitrogens with zero attached hydrogens (tertiary/aromatic N) is 1. The Morgan fingerprint density at radius 1 is 0.586 bits per heavy atom. The van der Waals surface area contributed by atoms with Gasteiger partial charge in [0.25, 0.3) is 0 Å². The number of hydrogen-bond acceptors (Lipinski definition) is 3. The fraction of sp³-hybridized carbons (Fsp3) is 0.231. The van der Waals surface area contributed by atoms with E-state index < -0.39 is 0 Å². The van der Waals surface area contributed by atoms with Crippen LogP contribution >= 0.6 is 11.3 Å². The maximum atomic E-state index is 6.73. The molecule has 0 amide bonds. The normalized spacial score (nSPS) is 16.1. The zero-order chi connectivity index (χ0) is 47.8. The summed E-state index contributed by atoms with van der Waals surface area (Å²) < 4.78 is 12.0. The molecule has 70 heavy (non-hydrogen) atoms. The van der Waals surface area contributed by atoms with E-state index in [2.05, 4.69) is 218 Å². The van der Waals surface area contributed by atoms with Crippen molar-refractivity contribution in [2.24, 2.45) is 0 Å². The highest BCUT2D eigenvalue weighted by molar-refractivity contribution is 7.25. The maximum absolute atomic E-state index is 6.73. The van der Waals surface area contributed by atoms with Gasteiger partial charge in [0.05, 0.1) is 5.52 Å². The second-order valence-electron chi connectivity index (χ2n) is 23.7. The largest absolute Gasteiger partial charge is 0.456 e. The molecule has 0 unspecified atom stereocenters. The Bertz CT molecular complexity index is 4060. The van der Waals surface area contributed by atoms with Crippen LogP contribution in [0, 0.1) is 0 Å². The lowest BCUT2D eigenvalue weighted by molar-refractivity contribution is 0.331. The van der Waals surface area contributed by atoms with E-state index in [0.29, 0.717) is 0 Å². The van der Waals surface area contributed by atoms with Gasteiger partial charge in [0.15, 0.2) is 7.28 Å². The molecule has 0 spiro atoms. The van der Waals surface area contributed by atoms with Crippen molar-refractivity contribution in [1.82, 2.24) is 4.57 Å². The Morgan fingerprint density at radius 3 is 2.07 bits per heavy atom. The third kappa shape index (κ3) is 6.00. The summed E-state index contributed by atoms with van der Waals surface area (Å²) >= 11 is 1.90. The third-order valence-corrected chi connectivity index (χ3v) is 18.2. The van der Waals surface area contributed by atoms with Crippen LogP contribution in [0.15, 0.2) is 150 Å². The van der Waals surface area contributed by atoms with E-state index in [4.69, 9.17) is 4.42 Å². The molecular formula is C65H57BN2OS. The molecule has 0 saturated carbocycles. The maximum Gasteiger partial charge on any atom is 0.198 e. The lowest BCUT2D eigenvalue weighted by Gasteiger charge is -2.42. The van der Waals surface area contributed by atoms with E-state index in [1.165, 1.54) is 122 Å². The fourth-order valence-electron chi connectivity index (χ4n) is 12.8. The number of hydrogen-bond donors (Lipinski definition) is 1. The molecular weight excluding hydrogens is 868 g/mol. The van der Waals surface area contributed by atoms with Gasteiger partial charge in [0.1, 0.15) is 11.3 Å². The highest BCUT2D eigenvalue weighted by atomic mass is 32.1. The first-order valence-corrected chi connectivity index (χ1v) is 26.1. The summed E-state index contributed by atoms with van der Waals surface area (Å²) in [7, 11) is 0.780. The van der Waals surface area contributed by atoms with Gasteiger partial charge in [-0.05, 0) is 146 Å². The topological polar surface area (TPSA) is 30.1 Å². The third-order valence-electron chi connectivity index (χ3n) is 17.0. The first-order valence-electron chi connectivity index (χ1n) is 25.3. The molecule has 0 fully saturated rings. The van der Waals surface area contributed by atoms with Crippen LogP contribution in [0.2, 0.25) is 0 Å². The van der Waals surface area contributed by atoms with Crippen molar-refractivity contribution in [2.45, 2.75) is 96.8 Å². The van der Waals surface area contributed by atoms with E-state index in [-0.39, 0.29) is 21.7 Å². The summed E-state index contributed by atoms with van der Waals surface area (Å²) in [6.07, 6.45) is 2.39. The summed E-state index contributed by atoms with van der Waals surface area (Å²) in [6.45, 7) is 21.6. The molecule has 0 atom stereocenters. The van der Waals surface area contributed by atoms with Crippen molar-refractivity contribution in [3.05, 3.63) is 173 Å². The molecule has 5 heteroatoms. The molecule has 0 saturated heterocycles. The molecule has 8 aromatic carbocycles. The standard InChI is InChI=1S/C65H57BN2OS/c1-62(2,3)38-19-21-39(22-20-38)67-53-34-49-43(44-30-50-51(33-48(44)65(49,8)9)64(6,7)26-25-63(50,4)5)29-45(53)41-23-24-42-46-32-59-47(40-17-13-14-18-58(40)70-59)31-54(46)68-55-27-37-28-56(36-15-11-10-12-16-36)69-57(37)35-52(55)66-60(41)61(42)68/h10-24,27-35,66-67H,25-26H2,1-9H3. The Morgan fingerprint density at radius 2 is 1.30 bits per heavy atom. The van der Waals surface area contributed by atoms with Crippen LogP contribution < -0.4 is 16.2 Å². The second-order valence-corrected chi connectivity index (χ2v) is 24.8. The second kappa shape index (κ2) is 14.2. The van der Waals surface area contributed by atoms with Gasteiger partial charge in [-0.1, -0.05) is 147 Å². The molecule has 11 aromatic rings. The van der Waals surface area contributed by atoms with E-state index in [1.807, 2.05) is 11.3 Å². The molecule has 3 nitrogen and oxygen atoms in total. The predicted octanol–water partition coefficient (Wildman–Crippen LogP) is 16.6. The van der Waals surface area contributed by atoms with Crippen LogP contribution in [0.3, 0.4) is 0 Å². The highest BCUT2D eigenvalue weighted by Crippen LogP contribution is 2.56. The van der Waals surface area contributed by atoms with Gasteiger partial charge in [-0.2, -0.15) is 0 Å². The van der Waals surface area contributed by atoms with Gasteiger partial charge in [0.2, 0.25) is 0 Å². The monoisotopic (exact) mass is 924 g/mol. The lowest BCUT2D eigenvalue weighted by atomic mass is 9.59. The van der Waals surface area contributed by atoms with Crippen LogP contribution in [0.5, 0.6) is 0 Å². The first-order chi connectivity index (χ1) is 33.5. The summed E-state index contributed by atoms with van der Waals surface area (Å²) in [5.74, 6) is 0.894. The van der Waals surface area contributed by atoms with E-state index in [0.717, 1.165) is 40.9 Å². The smallest absolute Gasteiger partial charge is 0.198 e. The number of rotatable bonds is 4. The molecule has 2 aliphatic carbocycles. The van der Waals surface area contributed by atoms with Crippen molar-refractivity contribution < 1.29 is 4.42 Å². The number of fused-ring (bicyclic) bond motifs is 13. The van der Waals surface area contributed by atoms with Crippen LogP contribution in [0.4, 0.5) is 11.4 Å². The van der Waals surface area contributed by atoms with E-state index in [1.54, 1.807) is 0 Å².